The SMILES string of the molecule is O=c1[nH]ncc2c3c([nH]c12)CN=N3. The molecule has 0 unspecified atom stereocenters. The van der Waals surface area contributed by atoms with Crippen LogP contribution in [0, 0.1) is 0 Å². The van der Waals surface area contributed by atoms with Gasteiger partial charge < -0.3 is 4.98 Å². The molecule has 3 rings (SSSR count). The highest BCUT2D eigenvalue weighted by Gasteiger charge is 2.16. The molecule has 64 valence electrons. The zero-order valence-corrected chi connectivity index (χ0v) is 6.53. The molecule has 13 heavy (non-hydrogen) atoms. The van der Waals surface area contributed by atoms with Crippen molar-refractivity contribution in [2.24, 2.45) is 10.2 Å². The van der Waals surface area contributed by atoms with Crippen LogP contribution in [0.5, 0.6) is 0 Å². The summed E-state index contributed by atoms with van der Waals surface area (Å²) in [5.74, 6) is 0. The van der Waals surface area contributed by atoms with Gasteiger partial charge in [0.15, 0.2) is 0 Å². The lowest BCUT2D eigenvalue weighted by Gasteiger charge is -1.86. The normalized spacial score (nSPS) is 13.8. The van der Waals surface area contributed by atoms with E-state index in [9.17, 15) is 4.79 Å². The number of rotatable bonds is 0. The molecule has 0 saturated heterocycles. The molecule has 6 heteroatoms. The van der Waals surface area contributed by atoms with Crippen LogP contribution in [0.1, 0.15) is 5.69 Å². The van der Waals surface area contributed by atoms with Crippen LogP contribution in [-0.2, 0) is 6.54 Å². The third-order valence-corrected chi connectivity index (χ3v) is 2.07. The van der Waals surface area contributed by atoms with Crippen LogP contribution in [0.15, 0.2) is 21.2 Å². The highest BCUT2D eigenvalue weighted by Crippen LogP contribution is 2.32. The van der Waals surface area contributed by atoms with Gasteiger partial charge >= 0.3 is 0 Å². The van der Waals surface area contributed by atoms with Crippen molar-refractivity contribution in [2.75, 3.05) is 0 Å². The Morgan fingerprint density at radius 1 is 1.46 bits per heavy atom. The number of hydrogen-bond acceptors (Lipinski definition) is 4. The molecular formula is C7H5N5O. The van der Waals surface area contributed by atoms with Crippen LogP contribution in [0.2, 0.25) is 0 Å². The fraction of sp³-hybridized carbons (Fsp3) is 0.143. The molecule has 0 saturated carbocycles. The Hall–Kier alpha value is -1.98. The van der Waals surface area contributed by atoms with Crippen LogP contribution in [0.4, 0.5) is 5.69 Å². The molecule has 0 spiro atoms. The fourth-order valence-electron chi connectivity index (χ4n) is 1.48. The van der Waals surface area contributed by atoms with Crippen molar-refractivity contribution in [2.45, 2.75) is 6.54 Å². The van der Waals surface area contributed by atoms with Gasteiger partial charge in [-0.1, -0.05) is 0 Å². The molecule has 0 bridgehead atoms. The second-order valence-electron chi connectivity index (χ2n) is 2.84. The first-order valence-electron chi connectivity index (χ1n) is 3.82. The van der Waals surface area contributed by atoms with Gasteiger partial charge in [0.25, 0.3) is 5.56 Å². The van der Waals surface area contributed by atoms with Gasteiger partial charge in [0.05, 0.1) is 17.3 Å². The molecule has 0 aromatic carbocycles. The summed E-state index contributed by atoms with van der Waals surface area (Å²) in [5, 5.41) is 14.6. The summed E-state index contributed by atoms with van der Waals surface area (Å²) >= 11 is 0. The molecule has 2 aromatic heterocycles. The van der Waals surface area contributed by atoms with E-state index in [1.165, 1.54) is 0 Å². The van der Waals surface area contributed by atoms with Crippen molar-refractivity contribution in [1.82, 2.24) is 15.2 Å². The van der Waals surface area contributed by atoms with E-state index in [-0.39, 0.29) is 5.56 Å². The number of aromatic amines is 2. The van der Waals surface area contributed by atoms with E-state index in [1.807, 2.05) is 0 Å². The number of fused-ring (bicyclic) bond motifs is 3. The van der Waals surface area contributed by atoms with E-state index in [2.05, 4.69) is 25.4 Å². The molecule has 0 amide bonds. The predicted octanol–water partition coefficient (Wildman–Crippen LogP) is 0.848. The van der Waals surface area contributed by atoms with Gasteiger partial charge in [-0.25, -0.2) is 5.10 Å². The van der Waals surface area contributed by atoms with Crippen LogP contribution in [-0.4, -0.2) is 15.2 Å². The minimum absolute atomic E-state index is 0.220. The Kier molecular flexibility index (Phi) is 1.02. The van der Waals surface area contributed by atoms with Gasteiger partial charge in [-0.15, -0.1) is 0 Å². The standard InChI is InChI=1S/C7H5N5O/c13-7-6-3(1-8-12-7)5-4(10-6)2-9-11-5/h1,10H,2H2,(H,12,13). The van der Waals surface area contributed by atoms with E-state index in [0.29, 0.717) is 12.1 Å². The zero-order valence-electron chi connectivity index (χ0n) is 6.53. The Bertz CT molecular complexity index is 564. The average Bonchev–Trinajstić information content (AvgIpc) is 2.65. The van der Waals surface area contributed by atoms with Crippen LogP contribution < -0.4 is 5.56 Å². The highest BCUT2D eigenvalue weighted by molar-refractivity contribution is 5.91. The first kappa shape index (κ1) is 6.53. The van der Waals surface area contributed by atoms with Crippen molar-refractivity contribution in [3.63, 3.8) is 0 Å². The summed E-state index contributed by atoms with van der Waals surface area (Å²) in [6.45, 7) is 0.517. The minimum atomic E-state index is -0.220. The lowest BCUT2D eigenvalue weighted by molar-refractivity contribution is 0.983. The second kappa shape index (κ2) is 2.03. The Balaban J connectivity index is 2.58. The second-order valence-corrected chi connectivity index (χ2v) is 2.84. The Morgan fingerprint density at radius 2 is 2.38 bits per heavy atom. The molecule has 2 N–H and O–H groups in total. The maximum absolute atomic E-state index is 11.3. The first-order chi connectivity index (χ1) is 6.36. The van der Waals surface area contributed by atoms with Crippen molar-refractivity contribution in [3.8, 4) is 0 Å². The molecule has 0 aliphatic carbocycles. The molecule has 2 aromatic rings. The lowest BCUT2D eigenvalue weighted by Crippen LogP contribution is -2.06. The molecular weight excluding hydrogens is 170 g/mol. The smallest absolute Gasteiger partial charge is 0.288 e. The number of aromatic nitrogens is 3. The molecule has 0 radical (unpaired) electrons. The number of nitrogens with zero attached hydrogens (tertiary/aromatic N) is 3. The molecule has 6 nitrogen and oxygen atoms in total. The largest absolute Gasteiger partial charge is 0.350 e. The molecule has 3 heterocycles. The number of azo groups is 1. The van der Waals surface area contributed by atoms with E-state index in [4.69, 9.17) is 0 Å². The fourth-order valence-corrected chi connectivity index (χ4v) is 1.48. The number of H-pyrrole nitrogens is 2. The van der Waals surface area contributed by atoms with E-state index >= 15 is 0 Å². The molecule has 0 atom stereocenters. The predicted molar refractivity (Wildman–Crippen MR) is 44.9 cm³/mol. The maximum atomic E-state index is 11.3. The summed E-state index contributed by atoms with van der Waals surface area (Å²) in [7, 11) is 0. The number of hydrogen-bond donors (Lipinski definition) is 2. The van der Waals surface area contributed by atoms with Crippen molar-refractivity contribution in [3.05, 3.63) is 22.2 Å². The summed E-state index contributed by atoms with van der Waals surface area (Å²) in [6, 6.07) is 0. The summed E-state index contributed by atoms with van der Waals surface area (Å²) in [6.07, 6.45) is 1.58. The van der Waals surface area contributed by atoms with Crippen molar-refractivity contribution in [1.29, 1.82) is 0 Å². The molecule has 1 aliphatic heterocycles. The first-order valence-corrected chi connectivity index (χ1v) is 3.82. The van der Waals surface area contributed by atoms with Gasteiger partial charge in [0.1, 0.15) is 17.7 Å². The average molecular weight is 175 g/mol. The summed E-state index contributed by atoms with van der Waals surface area (Å²) in [5.41, 5.74) is 1.93. The van der Waals surface area contributed by atoms with E-state index in [0.717, 1.165) is 16.8 Å². The van der Waals surface area contributed by atoms with E-state index in [1.54, 1.807) is 6.20 Å². The third-order valence-electron chi connectivity index (χ3n) is 2.07. The van der Waals surface area contributed by atoms with Gasteiger partial charge in [-0.05, 0) is 0 Å². The van der Waals surface area contributed by atoms with Gasteiger partial charge in [-0.2, -0.15) is 15.3 Å². The minimum Gasteiger partial charge on any atom is -0.350 e. The maximum Gasteiger partial charge on any atom is 0.288 e. The molecule has 1 aliphatic rings. The zero-order chi connectivity index (χ0) is 8.84. The summed E-state index contributed by atoms with van der Waals surface area (Å²) in [4.78, 5) is 14.2. The molecule has 0 fully saturated rings. The van der Waals surface area contributed by atoms with Gasteiger partial charge in [0.2, 0.25) is 0 Å². The topological polar surface area (TPSA) is 86.3 Å². The lowest BCUT2D eigenvalue weighted by atomic mass is 10.3. The van der Waals surface area contributed by atoms with Gasteiger partial charge in [0, 0.05) is 0 Å². The number of nitrogens with one attached hydrogen (secondary N) is 2. The summed E-state index contributed by atoms with van der Waals surface area (Å²) < 4.78 is 0. The Morgan fingerprint density at radius 3 is 3.31 bits per heavy atom. The third kappa shape index (κ3) is 0.715. The van der Waals surface area contributed by atoms with Crippen molar-refractivity contribution >= 4 is 16.6 Å². The van der Waals surface area contributed by atoms with Crippen LogP contribution >= 0.6 is 0 Å². The van der Waals surface area contributed by atoms with Crippen molar-refractivity contribution < 1.29 is 0 Å². The van der Waals surface area contributed by atoms with Crippen LogP contribution in [0.3, 0.4) is 0 Å². The monoisotopic (exact) mass is 175 g/mol. The van der Waals surface area contributed by atoms with E-state index < -0.39 is 0 Å². The van der Waals surface area contributed by atoms with Gasteiger partial charge in [-0.3, -0.25) is 4.79 Å². The van der Waals surface area contributed by atoms with Crippen LogP contribution in [0.25, 0.3) is 10.9 Å². The Labute approximate surface area is 71.7 Å². The quantitative estimate of drug-likeness (QED) is 0.621. The highest BCUT2D eigenvalue weighted by atomic mass is 16.1.